The van der Waals surface area contributed by atoms with Crippen LogP contribution in [0.1, 0.15) is 44.9 Å². The van der Waals surface area contributed by atoms with Crippen molar-refractivity contribution in [1.29, 1.82) is 0 Å². The van der Waals surface area contributed by atoms with Gasteiger partial charge in [0.1, 0.15) is 0 Å². The fraction of sp³-hybridized carbons (Fsp3) is 0.769. The first-order valence-electron chi connectivity index (χ1n) is 5.94. The van der Waals surface area contributed by atoms with E-state index in [9.17, 15) is 4.79 Å². The Labute approximate surface area is 93.0 Å². The number of nitrogens with zero attached hydrogens (tertiary/aromatic N) is 1. The molecule has 1 rings (SSSR count). The molecule has 0 saturated heterocycles. The van der Waals surface area contributed by atoms with Gasteiger partial charge in [0.2, 0.25) is 5.91 Å². The fourth-order valence-electron chi connectivity index (χ4n) is 2.23. The first kappa shape index (κ1) is 12.1. The summed E-state index contributed by atoms with van der Waals surface area (Å²) in [5, 5.41) is 0. The van der Waals surface area contributed by atoms with E-state index in [1.807, 2.05) is 0 Å². The van der Waals surface area contributed by atoms with Gasteiger partial charge < -0.3 is 4.90 Å². The number of carbonyl (C=O) groups is 1. The lowest BCUT2D eigenvalue weighted by Gasteiger charge is -2.23. The summed E-state index contributed by atoms with van der Waals surface area (Å²) in [6.45, 7) is 0.440. The zero-order valence-electron chi connectivity index (χ0n) is 9.67. The van der Waals surface area contributed by atoms with Crippen molar-refractivity contribution >= 4 is 5.91 Å². The van der Waals surface area contributed by atoms with Crippen molar-refractivity contribution in [2.75, 3.05) is 13.6 Å². The van der Waals surface area contributed by atoms with Gasteiger partial charge in [-0.15, -0.1) is 6.42 Å². The first-order valence-corrected chi connectivity index (χ1v) is 5.94. The van der Waals surface area contributed by atoms with Crippen molar-refractivity contribution in [1.82, 2.24) is 4.90 Å². The lowest BCUT2D eigenvalue weighted by Crippen LogP contribution is -2.33. The normalized spacial score (nSPS) is 18.7. The predicted molar refractivity (Wildman–Crippen MR) is 62.3 cm³/mol. The van der Waals surface area contributed by atoms with Gasteiger partial charge >= 0.3 is 0 Å². The Kier molecular flexibility index (Phi) is 5.25. The van der Waals surface area contributed by atoms with E-state index in [1.165, 1.54) is 32.1 Å². The van der Waals surface area contributed by atoms with Crippen molar-refractivity contribution in [2.45, 2.75) is 44.9 Å². The minimum Gasteiger partial charge on any atom is -0.334 e. The van der Waals surface area contributed by atoms with Gasteiger partial charge in [-0.2, -0.15) is 0 Å². The van der Waals surface area contributed by atoms with Crippen LogP contribution < -0.4 is 0 Å². The van der Waals surface area contributed by atoms with Crippen LogP contribution in [0.15, 0.2) is 0 Å². The minimum atomic E-state index is 0.226. The third kappa shape index (κ3) is 3.95. The van der Waals surface area contributed by atoms with E-state index in [2.05, 4.69) is 5.92 Å². The molecule has 0 unspecified atom stereocenters. The summed E-state index contributed by atoms with van der Waals surface area (Å²) < 4.78 is 0. The molecular formula is C13H21NO. The molecule has 0 N–H and O–H groups in total. The molecule has 1 amide bonds. The Morgan fingerprint density at radius 1 is 1.27 bits per heavy atom. The van der Waals surface area contributed by atoms with Crippen LogP contribution in [0.2, 0.25) is 0 Å². The van der Waals surface area contributed by atoms with Crippen molar-refractivity contribution in [3.05, 3.63) is 0 Å². The van der Waals surface area contributed by atoms with Crippen molar-refractivity contribution in [3.63, 3.8) is 0 Å². The minimum absolute atomic E-state index is 0.226. The topological polar surface area (TPSA) is 20.3 Å². The van der Waals surface area contributed by atoms with E-state index in [0.717, 1.165) is 12.8 Å². The monoisotopic (exact) mass is 207 g/mol. The van der Waals surface area contributed by atoms with Crippen molar-refractivity contribution in [2.24, 2.45) is 5.92 Å². The van der Waals surface area contributed by atoms with Crippen LogP contribution in [0.3, 0.4) is 0 Å². The summed E-state index contributed by atoms with van der Waals surface area (Å²) in [5.41, 5.74) is 0. The molecule has 15 heavy (non-hydrogen) atoms. The maximum Gasteiger partial charge on any atom is 0.226 e. The number of hydrogen-bond donors (Lipinski definition) is 0. The summed E-state index contributed by atoms with van der Waals surface area (Å²) >= 11 is 0. The van der Waals surface area contributed by atoms with Gasteiger partial charge in [0.25, 0.3) is 0 Å². The molecule has 0 radical (unpaired) electrons. The molecule has 1 saturated carbocycles. The molecule has 0 aromatic rings. The largest absolute Gasteiger partial charge is 0.334 e. The van der Waals surface area contributed by atoms with Crippen LogP contribution in [0.5, 0.6) is 0 Å². The molecule has 0 aromatic carbocycles. The maximum absolute atomic E-state index is 12.0. The van der Waals surface area contributed by atoms with Gasteiger partial charge in [-0.05, 0) is 12.8 Å². The zero-order valence-corrected chi connectivity index (χ0v) is 9.67. The highest BCUT2D eigenvalue weighted by Crippen LogP contribution is 2.23. The molecule has 0 aliphatic heterocycles. The average Bonchev–Trinajstić information content (AvgIpc) is 2.16. The second-order valence-electron chi connectivity index (χ2n) is 4.44. The van der Waals surface area contributed by atoms with Crippen LogP contribution >= 0.6 is 0 Å². The number of carbonyl (C=O) groups excluding carboxylic acids is 1. The fourth-order valence-corrected chi connectivity index (χ4v) is 2.23. The van der Waals surface area contributed by atoms with Gasteiger partial charge in [-0.25, -0.2) is 0 Å². The lowest BCUT2D eigenvalue weighted by molar-refractivity contribution is -0.134. The zero-order chi connectivity index (χ0) is 11.1. The maximum atomic E-state index is 12.0. The molecular weight excluding hydrogens is 186 g/mol. The van der Waals surface area contributed by atoms with Crippen molar-refractivity contribution < 1.29 is 4.79 Å². The molecule has 84 valence electrons. The molecule has 1 aliphatic rings. The summed E-state index contributed by atoms with van der Waals surface area (Å²) in [5.74, 6) is 2.99. The standard InChI is InChI=1S/C13H21NO/c1-3-11-14(2)13(15)12-9-7-5-4-6-8-10-12/h1,12H,4-11H2,2H3. The first-order chi connectivity index (χ1) is 7.25. The predicted octanol–water partition coefficient (Wildman–Crippen LogP) is 2.44. The van der Waals surface area contributed by atoms with E-state index >= 15 is 0 Å². The van der Waals surface area contributed by atoms with E-state index < -0.39 is 0 Å². The Bertz CT molecular complexity index is 233. The molecule has 0 bridgehead atoms. The second kappa shape index (κ2) is 6.50. The van der Waals surface area contributed by atoms with Gasteiger partial charge in [-0.3, -0.25) is 4.79 Å². The smallest absolute Gasteiger partial charge is 0.226 e. The van der Waals surface area contributed by atoms with Crippen LogP contribution in [0.25, 0.3) is 0 Å². The van der Waals surface area contributed by atoms with E-state index in [0.29, 0.717) is 6.54 Å². The van der Waals surface area contributed by atoms with Gasteiger partial charge in [-0.1, -0.05) is 38.0 Å². The van der Waals surface area contributed by atoms with Gasteiger partial charge in [0.05, 0.1) is 6.54 Å². The van der Waals surface area contributed by atoms with Gasteiger partial charge in [0, 0.05) is 13.0 Å². The third-order valence-corrected chi connectivity index (χ3v) is 3.16. The number of amides is 1. The van der Waals surface area contributed by atoms with Crippen LogP contribution in [0.4, 0.5) is 0 Å². The molecule has 0 aromatic heterocycles. The summed E-state index contributed by atoms with van der Waals surface area (Å²) in [7, 11) is 1.81. The highest BCUT2D eigenvalue weighted by Gasteiger charge is 2.21. The quantitative estimate of drug-likeness (QED) is 0.637. The third-order valence-electron chi connectivity index (χ3n) is 3.16. The Morgan fingerprint density at radius 2 is 1.80 bits per heavy atom. The summed E-state index contributed by atoms with van der Waals surface area (Å²) in [4.78, 5) is 13.7. The van der Waals surface area contributed by atoms with Crippen molar-refractivity contribution in [3.8, 4) is 12.3 Å². The highest BCUT2D eigenvalue weighted by molar-refractivity contribution is 5.78. The highest BCUT2D eigenvalue weighted by atomic mass is 16.2. The lowest BCUT2D eigenvalue weighted by atomic mass is 9.90. The number of terminal acetylenes is 1. The van der Waals surface area contributed by atoms with E-state index in [-0.39, 0.29) is 11.8 Å². The van der Waals surface area contributed by atoms with Gasteiger partial charge in [0.15, 0.2) is 0 Å². The molecule has 0 heterocycles. The number of rotatable bonds is 2. The number of hydrogen-bond acceptors (Lipinski definition) is 1. The van der Waals surface area contributed by atoms with E-state index in [4.69, 9.17) is 6.42 Å². The SMILES string of the molecule is C#CCN(C)C(=O)C1CCCCCCC1. The summed E-state index contributed by atoms with van der Waals surface area (Å²) in [6, 6.07) is 0. The Morgan fingerprint density at radius 3 is 2.33 bits per heavy atom. The van der Waals surface area contributed by atoms with Crippen LogP contribution in [-0.2, 0) is 4.79 Å². The summed E-state index contributed by atoms with van der Waals surface area (Å²) in [6.07, 6.45) is 13.6. The molecule has 2 nitrogen and oxygen atoms in total. The molecule has 0 atom stereocenters. The molecule has 2 heteroatoms. The molecule has 1 aliphatic carbocycles. The Balaban J connectivity index is 2.45. The molecule has 1 fully saturated rings. The van der Waals surface area contributed by atoms with Crippen LogP contribution in [0, 0.1) is 18.3 Å². The molecule has 0 spiro atoms. The average molecular weight is 207 g/mol. The second-order valence-corrected chi connectivity index (χ2v) is 4.44. The van der Waals surface area contributed by atoms with Crippen LogP contribution in [-0.4, -0.2) is 24.4 Å². The van der Waals surface area contributed by atoms with E-state index in [1.54, 1.807) is 11.9 Å². The Hall–Kier alpha value is -0.970.